The van der Waals surface area contributed by atoms with Crippen molar-refractivity contribution >= 4 is 5.91 Å². The molecule has 140 valence electrons. The normalized spacial score (nSPS) is 15.2. The number of benzene rings is 1. The van der Waals surface area contributed by atoms with Crippen LogP contribution in [0.5, 0.6) is 11.5 Å². The molecule has 0 saturated carbocycles. The van der Waals surface area contributed by atoms with Crippen LogP contribution in [0, 0.1) is 19.8 Å². The molecule has 1 saturated heterocycles. The van der Waals surface area contributed by atoms with E-state index in [-0.39, 0.29) is 5.91 Å². The lowest BCUT2D eigenvalue weighted by Crippen LogP contribution is -2.37. The van der Waals surface area contributed by atoms with Gasteiger partial charge >= 0.3 is 0 Å². The second-order valence-electron chi connectivity index (χ2n) is 6.93. The quantitative estimate of drug-likeness (QED) is 0.814. The molecule has 1 amide bonds. The minimum absolute atomic E-state index is 0.0486. The van der Waals surface area contributed by atoms with Gasteiger partial charge in [0, 0.05) is 18.7 Å². The van der Waals surface area contributed by atoms with Gasteiger partial charge in [-0.25, -0.2) is 0 Å². The van der Waals surface area contributed by atoms with E-state index in [1.54, 1.807) is 25.3 Å². The molecule has 2 heterocycles. The van der Waals surface area contributed by atoms with Gasteiger partial charge in [0.2, 0.25) is 0 Å². The van der Waals surface area contributed by atoms with Crippen LogP contribution in [0.1, 0.15) is 47.1 Å². The lowest BCUT2D eigenvalue weighted by Gasteiger charge is -2.30. The first-order valence-electron chi connectivity index (χ1n) is 9.01. The van der Waals surface area contributed by atoms with Crippen LogP contribution in [0.2, 0.25) is 0 Å². The molecule has 6 heteroatoms. The Labute approximate surface area is 154 Å². The highest BCUT2D eigenvalue weighted by Gasteiger charge is 2.22. The van der Waals surface area contributed by atoms with Crippen molar-refractivity contribution in [2.75, 3.05) is 20.2 Å². The first kappa shape index (κ1) is 18.3. The smallest absolute Gasteiger partial charge is 0.253 e. The number of methoxy groups -OCH3 is 1. The molecular weight excluding hydrogens is 332 g/mol. The number of ether oxygens (including phenoxy) is 2. The second kappa shape index (κ2) is 7.81. The van der Waals surface area contributed by atoms with Crippen LogP contribution < -0.4 is 9.47 Å². The van der Waals surface area contributed by atoms with Gasteiger partial charge in [-0.2, -0.15) is 0 Å². The summed E-state index contributed by atoms with van der Waals surface area (Å²) in [5.41, 5.74) is 2.36. The molecule has 1 aliphatic rings. The number of carbonyl (C=O) groups is 1. The maximum absolute atomic E-state index is 12.7. The highest BCUT2D eigenvalue weighted by atomic mass is 16.5. The molecule has 0 N–H and O–H groups in total. The largest absolute Gasteiger partial charge is 0.493 e. The van der Waals surface area contributed by atoms with Crippen molar-refractivity contribution in [3.05, 3.63) is 40.8 Å². The summed E-state index contributed by atoms with van der Waals surface area (Å²) >= 11 is 0. The number of nitrogens with zero attached hydrogens (tertiary/aromatic N) is 2. The third kappa shape index (κ3) is 3.84. The minimum atomic E-state index is 0.0486. The van der Waals surface area contributed by atoms with E-state index in [0.29, 0.717) is 29.6 Å². The predicted molar refractivity (Wildman–Crippen MR) is 97.6 cm³/mol. The number of rotatable bonds is 5. The lowest BCUT2D eigenvalue weighted by atomic mass is 9.98. The Morgan fingerprint density at radius 3 is 2.62 bits per heavy atom. The fourth-order valence-electron chi connectivity index (χ4n) is 3.17. The number of piperidine rings is 1. The molecule has 0 bridgehead atoms. The van der Waals surface area contributed by atoms with Crippen LogP contribution in [0.4, 0.5) is 0 Å². The van der Waals surface area contributed by atoms with Crippen molar-refractivity contribution in [2.24, 2.45) is 5.92 Å². The Morgan fingerprint density at radius 1 is 1.27 bits per heavy atom. The number of aromatic nitrogens is 1. The summed E-state index contributed by atoms with van der Waals surface area (Å²) in [7, 11) is 1.58. The Bertz CT molecular complexity index is 757. The van der Waals surface area contributed by atoms with Gasteiger partial charge in [0.25, 0.3) is 5.91 Å². The SMILES string of the molecule is COc1cc(C(=O)N2CCC(C)CC2)ccc1OCc1c(C)noc1C. The first-order valence-corrected chi connectivity index (χ1v) is 9.01. The van der Waals surface area contributed by atoms with Crippen molar-refractivity contribution in [3.8, 4) is 11.5 Å². The molecule has 6 nitrogen and oxygen atoms in total. The highest BCUT2D eigenvalue weighted by molar-refractivity contribution is 5.95. The molecule has 0 spiro atoms. The zero-order valence-electron chi connectivity index (χ0n) is 15.9. The van der Waals surface area contributed by atoms with E-state index in [2.05, 4.69) is 12.1 Å². The molecule has 1 fully saturated rings. The molecule has 1 aromatic carbocycles. The van der Waals surface area contributed by atoms with Crippen molar-refractivity contribution in [1.82, 2.24) is 10.1 Å². The van der Waals surface area contributed by atoms with Crippen molar-refractivity contribution in [3.63, 3.8) is 0 Å². The summed E-state index contributed by atoms with van der Waals surface area (Å²) in [5, 5.41) is 3.93. The number of carbonyl (C=O) groups excluding carboxylic acids is 1. The third-order valence-electron chi connectivity index (χ3n) is 5.03. The van der Waals surface area contributed by atoms with Crippen LogP contribution in [-0.2, 0) is 6.61 Å². The van der Waals surface area contributed by atoms with E-state index in [0.717, 1.165) is 42.9 Å². The van der Waals surface area contributed by atoms with Gasteiger partial charge in [0.05, 0.1) is 18.4 Å². The van der Waals surface area contributed by atoms with Crippen molar-refractivity contribution < 1.29 is 18.8 Å². The van der Waals surface area contributed by atoms with Crippen LogP contribution in [0.25, 0.3) is 0 Å². The van der Waals surface area contributed by atoms with Gasteiger partial charge in [-0.15, -0.1) is 0 Å². The van der Waals surface area contributed by atoms with Crippen LogP contribution in [-0.4, -0.2) is 36.2 Å². The standard InChI is InChI=1S/C20H26N2O4/c1-13-7-9-22(10-8-13)20(23)16-5-6-18(19(11-16)24-4)25-12-17-14(2)21-26-15(17)3/h5-6,11,13H,7-10,12H2,1-4H3. The van der Waals surface area contributed by atoms with Crippen LogP contribution in [0.3, 0.4) is 0 Å². The Hall–Kier alpha value is -2.50. The fraction of sp³-hybridized carbons (Fsp3) is 0.500. The maximum Gasteiger partial charge on any atom is 0.253 e. The number of aryl methyl sites for hydroxylation is 2. The first-order chi connectivity index (χ1) is 12.5. The lowest BCUT2D eigenvalue weighted by molar-refractivity contribution is 0.0697. The average molecular weight is 358 g/mol. The summed E-state index contributed by atoms with van der Waals surface area (Å²) in [5.74, 6) is 2.62. The topological polar surface area (TPSA) is 64.8 Å². The predicted octanol–water partition coefficient (Wildman–Crippen LogP) is 3.75. The van der Waals surface area contributed by atoms with E-state index < -0.39 is 0 Å². The number of hydrogen-bond donors (Lipinski definition) is 0. The molecule has 0 radical (unpaired) electrons. The molecule has 26 heavy (non-hydrogen) atoms. The summed E-state index contributed by atoms with van der Waals surface area (Å²) < 4.78 is 16.5. The average Bonchev–Trinajstić information content (AvgIpc) is 2.98. The Morgan fingerprint density at radius 2 is 2.00 bits per heavy atom. The number of likely N-dealkylation sites (tertiary alicyclic amines) is 1. The van der Waals surface area contributed by atoms with Gasteiger partial charge in [0.1, 0.15) is 12.4 Å². The molecule has 0 unspecified atom stereocenters. The number of amides is 1. The zero-order valence-corrected chi connectivity index (χ0v) is 15.9. The molecule has 0 atom stereocenters. The molecule has 2 aromatic rings. The van der Waals surface area contributed by atoms with E-state index in [1.807, 2.05) is 18.7 Å². The third-order valence-corrected chi connectivity index (χ3v) is 5.03. The summed E-state index contributed by atoms with van der Waals surface area (Å²) in [6.07, 6.45) is 2.11. The molecule has 3 rings (SSSR count). The number of hydrogen-bond acceptors (Lipinski definition) is 5. The summed E-state index contributed by atoms with van der Waals surface area (Å²) in [4.78, 5) is 14.6. The van der Waals surface area contributed by atoms with Crippen LogP contribution in [0.15, 0.2) is 22.7 Å². The van der Waals surface area contributed by atoms with E-state index in [1.165, 1.54) is 0 Å². The van der Waals surface area contributed by atoms with Gasteiger partial charge in [-0.05, 0) is 50.8 Å². The van der Waals surface area contributed by atoms with E-state index in [9.17, 15) is 4.79 Å². The molecule has 0 aliphatic carbocycles. The minimum Gasteiger partial charge on any atom is -0.493 e. The fourth-order valence-corrected chi connectivity index (χ4v) is 3.17. The van der Waals surface area contributed by atoms with E-state index in [4.69, 9.17) is 14.0 Å². The van der Waals surface area contributed by atoms with Crippen molar-refractivity contribution in [2.45, 2.75) is 40.2 Å². The van der Waals surface area contributed by atoms with Gasteiger partial charge in [-0.1, -0.05) is 12.1 Å². The van der Waals surface area contributed by atoms with Gasteiger partial charge in [-0.3, -0.25) is 4.79 Å². The summed E-state index contributed by atoms with van der Waals surface area (Å²) in [6, 6.07) is 5.34. The molecule has 1 aliphatic heterocycles. The van der Waals surface area contributed by atoms with Crippen molar-refractivity contribution in [1.29, 1.82) is 0 Å². The van der Waals surface area contributed by atoms with Gasteiger partial charge in [0.15, 0.2) is 11.5 Å². The van der Waals surface area contributed by atoms with E-state index >= 15 is 0 Å². The van der Waals surface area contributed by atoms with Gasteiger partial charge < -0.3 is 18.9 Å². The highest BCUT2D eigenvalue weighted by Crippen LogP contribution is 2.30. The Kier molecular flexibility index (Phi) is 5.49. The molecule has 1 aromatic heterocycles. The zero-order chi connectivity index (χ0) is 18.7. The maximum atomic E-state index is 12.7. The Balaban J connectivity index is 1.72. The second-order valence-corrected chi connectivity index (χ2v) is 6.93. The molecular formula is C20H26N2O4. The monoisotopic (exact) mass is 358 g/mol. The summed E-state index contributed by atoms with van der Waals surface area (Å²) in [6.45, 7) is 7.94. The van der Waals surface area contributed by atoms with Crippen LogP contribution >= 0.6 is 0 Å².